The Bertz CT molecular complexity index is 963. The third kappa shape index (κ3) is 2.13. The van der Waals surface area contributed by atoms with Gasteiger partial charge in [0.2, 0.25) is 0 Å². The second kappa shape index (κ2) is 5.85. The van der Waals surface area contributed by atoms with Crippen LogP contribution in [0, 0.1) is 20.8 Å². The molecule has 0 saturated carbocycles. The fourth-order valence-electron chi connectivity index (χ4n) is 6.19. The molecule has 0 aromatic carbocycles. The molecule has 146 valence electrons. The van der Waals surface area contributed by atoms with Crippen molar-refractivity contribution in [2.45, 2.75) is 78.6 Å². The Morgan fingerprint density at radius 3 is 1.18 bits per heavy atom. The van der Waals surface area contributed by atoms with Gasteiger partial charge in [0, 0.05) is 17.1 Å². The van der Waals surface area contributed by atoms with Crippen LogP contribution in [-0.4, -0.2) is 36.2 Å². The van der Waals surface area contributed by atoms with Crippen LogP contribution in [0.25, 0.3) is 0 Å². The van der Waals surface area contributed by atoms with Gasteiger partial charge in [0.05, 0.1) is 17.1 Å². The lowest BCUT2D eigenvalue weighted by molar-refractivity contribution is 0.693. The highest BCUT2D eigenvalue weighted by atomic mass is 15.5. The standard InChI is InChI=1S/C21H28BN6/c1-13-16-7-4-10-19(16)26(23-13)22(27-20-11-5-8-17(20)14(2)24-27)28-21-12-6-9-18(21)15(3)25-28/h22H,4-12H2,1-3H3/q-1. The Morgan fingerprint density at radius 1 is 0.536 bits per heavy atom. The monoisotopic (exact) mass is 375 g/mol. The molecule has 6 nitrogen and oxygen atoms in total. The summed E-state index contributed by atoms with van der Waals surface area (Å²) in [4.78, 5) is 0. The van der Waals surface area contributed by atoms with E-state index < -0.39 is 7.12 Å². The van der Waals surface area contributed by atoms with Crippen LogP contribution in [-0.2, 0) is 38.5 Å². The first-order chi connectivity index (χ1) is 13.6. The molecule has 3 heterocycles. The molecule has 28 heavy (non-hydrogen) atoms. The lowest BCUT2D eigenvalue weighted by Crippen LogP contribution is -2.46. The highest BCUT2D eigenvalue weighted by Gasteiger charge is 2.31. The molecule has 0 fully saturated rings. The zero-order valence-electron chi connectivity index (χ0n) is 17.3. The topological polar surface area (TPSA) is 53.5 Å². The average Bonchev–Trinajstić information content (AvgIpc) is 3.47. The minimum absolute atomic E-state index is 1.13. The van der Waals surface area contributed by atoms with E-state index in [1.165, 1.54) is 89.4 Å². The first-order valence-corrected chi connectivity index (χ1v) is 11.0. The van der Waals surface area contributed by atoms with Crippen LogP contribution < -0.4 is 0 Å². The molecule has 3 aromatic rings. The van der Waals surface area contributed by atoms with Crippen LogP contribution in [0.15, 0.2) is 0 Å². The lowest BCUT2D eigenvalue weighted by Gasteiger charge is -2.32. The summed E-state index contributed by atoms with van der Waals surface area (Å²) in [6.45, 7) is 6.53. The first kappa shape index (κ1) is 16.6. The summed E-state index contributed by atoms with van der Waals surface area (Å²) in [5.74, 6) is 0. The Balaban J connectivity index is 1.62. The molecule has 0 unspecified atom stereocenters. The highest BCUT2D eigenvalue weighted by Crippen LogP contribution is 2.31. The minimum Gasteiger partial charge on any atom is -0.400 e. The van der Waals surface area contributed by atoms with Crippen molar-refractivity contribution in [1.29, 1.82) is 0 Å². The number of nitrogens with zero attached hydrogens (tertiary/aromatic N) is 6. The summed E-state index contributed by atoms with van der Waals surface area (Å²) >= 11 is 0. The fraction of sp³-hybridized carbons (Fsp3) is 0.571. The smallest absolute Gasteiger partial charge is 0.326 e. The molecule has 3 aliphatic carbocycles. The summed E-state index contributed by atoms with van der Waals surface area (Å²) in [5, 5.41) is 15.3. The average molecular weight is 375 g/mol. The van der Waals surface area contributed by atoms with E-state index in [0.717, 1.165) is 19.3 Å². The molecular weight excluding hydrogens is 347 g/mol. The van der Waals surface area contributed by atoms with Crippen molar-refractivity contribution in [3.8, 4) is 0 Å². The Labute approximate surface area is 166 Å². The molecule has 0 aliphatic heterocycles. The van der Waals surface area contributed by atoms with Gasteiger partial charge in [-0.2, -0.15) is 0 Å². The largest absolute Gasteiger partial charge is 0.400 e. The van der Waals surface area contributed by atoms with Gasteiger partial charge in [-0.25, -0.2) is 15.3 Å². The van der Waals surface area contributed by atoms with Gasteiger partial charge in [0.25, 0.3) is 0 Å². The van der Waals surface area contributed by atoms with E-state index >= 15 is 0 Å². The maximum Gasteiger partial charge on any atom is 0.326 e. The number of fused-ring (bicyclic) bond motifs is 3. The molecule has 6 rings (SSSR count). The van der Waals surface area contributed by atoms with Crippen molar-refractivity contribution < 1.29 is 0 Å². The molecule has 7 heteroatoms. The quantitative estimate of drug-likeness (QED) is 0.661. The van der Waals surface area contributed by atoms with Crippen LogP contribution in [0.5, 0.6) is 0 Å². The van der Waals surface area contributed by atoms with Gasteiger partial charge in [-0.3, -0.25) is 0 Å². The number of aryl methyl sites for hydroxylation is 3. The zero-order valence-corrected chi connectivity index (χ0v) is 17.3. The Kier molecular flexibility index (Phi) is 3.47. The lowest BCUT2D eigenvalue weighted by atomic mass is 9.92. The van der Waals surface area contributed by atoms with Gasteiger partial charge < -0.3 is 13.8 Å². The number of aromatic nitrogens is 6. The molecule has 0 saturated heterocycles. The van der Waals surface area contributed by atoms with Gasteiger partial charge in [0.1, 0.15) is 0 Å². The predicted molar refractivity (Wildman–Crippen MR) is 110 cm³/mol. The van der Waals surface area contributed by atoms with Gasteiger partial charge in [-0.15, -0.1) is 0 Å². The second-order valence-electron chi connectivity index (χ2n) is 9.02. The summed E-state index contributed by atoms with van der Waals surface area (Å²) in [7, 11) is -1.22. The van der Waals surface area contributed by atoms with E-state index in [0.29, 0.717) is 0 Å². The minimum atomic E-state index is -1.22. The van der Waals surface area contributed by atoms with Crippen molar-refractivity contribution in [2.75, 3.05) is 0 Å². The molecular formula is C21H28BN6-. The summed E-state index contributed by atoms with van der Waals surface area (Å²) in [6.07, 6.45) is 10.6. The molecule has 0 N–H and O–H groups in total. The third-order valence-electron chi connectivity index (χ3n) is 7.43. The van der Waals surface area contributed by atoms with E-state index in [1.807, 2.05) is 0 Å². The van der Waals surface area contributed by atoms with Crippen LogP contribution in [0.1, 0.15) is 70.1 Å². The first-order valence-electron chi connectivity index (χ1n) is 11.0. The number of hydrogen-bond acceptors (Lipinski definition) is 3. The van der Waals surface area contributed by atoms with Crippen molar-refractivity contribution in [3.05, 3.63) is 50.9 Å². The summed E-state index contributed by atoms with van der Waals surface area (Å²) in [6, 6.07) is 0. The summed E-state index contributed by atoms with van der Waals surface area (Å²) in [5.41, 5.74) is 12.3. The van der Waals surface area contributed by atoms with Crippen molar-refractivity contribution in [1.82, 2.24) is 29.1 Å². The SMILES string of the molecule is Cc1nn([BH-](n2nc(C)c3c2CCC3)n2nc(C)c3c2CCC3)c2c1CCC2. The molecule has 3 aliphatic rings. The highest BCUT2D eigenvalue weighted by molar-refractivity contribution is 6.53. The Hall–Kier alpha value is -2.31. The Morgan fingerprint density at radius 2 is 0.857 bits per heavy atom. The summed E-state index contributed by atoms with van der Waals surface area (Å²) < 4.78 is 7.02. The van der Waals surface area contributed by atoms with Crippen LogP contribution in [0.4, 0.5) is 0 Å². The zero-order chi connectivity index (χ0) is 19.0. The van der Waals surface area contributed by atoms with Crippen LogP contribution in [0.2, 0.25) is 0 Å². The molecule has 0 atom stereocenters. The molecule has 0 amide bonds. The number of hydrogen-bond donors (Lipinski definition) is 0. The van der Waals surface area contributed by atoms with Gasteiger partial charge in [-0.1, -0.05) is 0 Å². The van der Waals surface area contributed by atoms with Crippen molar-refractivity contribution in [3.63, 3.8) is 0 Å². The maximum atomic E-state index is 5.09. The van der Waals surface area contributed by atoms with E-state index in [2.05, 4.69) is 34.5 Å². The van der Waals surface area contributed by atoms with Crippen LogP contribution in [0.3, 0.4) is 0 Å². The second-order valence-corrected chi connectivity index (χ2v) is 9.02. The van der Waals surface area contributed by atoms with E-state index in [4.69, 9.17) is 15.3 Å². The molecule has 0 bridgehead atoms. The van der Waals surface area contributed by atoms with Crippen molar-refractivity contribution in [2.24, 2.45) is 0 Å². The van der Waals surface area contributed by atoms with Crippen molar-refractivity contribution >= 4 is 7.12 Å². The van der Waals surface area contributed by atoms with E-state index in [9.17, 15) is 0 Å². The molecule has 3 aromatic heterocycles. The van der Waals surface area contributed by atoms with E-state index in [1.54, 1.807) is 0 Å². The van der Waals surface area contributed by atoms with Gasteiger partial charge in [-0.05, 0) is 95.2 Å². The van der Waals surface area contributed by atoms with Crippen LogP contribution >= 0.6 is 0 Å². The molecule has 0 radical (unpaired) electrons. The maximum absolute atomic E-state index is 5.09. The molecule has 0 spiro atoms. The predicted octanol–water partition coefficient (Wildman–Crippen LogP) is 2.33. The third-order valence-corrected chi connectivity index (χ3v) is 7.43. The fourth-order valence-corrected chi connectivity index (χ4v) is 6.19. The van der Waals surface area contributed by atoms with E-state index in [-0.39, 0.29) is 0 Å². The number of rotatable bonds is 3. The van der Waals surface area contributed by atoms with Gasteiger partial charge in [0.15, 0.2) is 0 Å². The normalized spacial score (nSPS) is 17.6. The van der Waals surface area contributed by atoms with Gasteiger partial charge >= 0.3 is 7.12 Å².